The van der Waals surface area contributed by atoms with Crippen LogP contribution < -0.4 is 19.1 Å². The number of amides is 1. The van der Waals surface area contributed by atoms with Crippen molar-refractivity contribution in [3.05, 3.63) is 152 Å². The summed E-state index contributed by atoms with van der Waals surface area (Å²) in [6.45, 7) is 0.823. The normalized spacial score (nSPS) is 10.7. The first-order valence-corrected chi connectivity index (χ1v) is 19.4. The average Bonchev–Trinajstić information content (AvgIpc) is 3.75. The van der Waals surface area contributed by atoms with Crippen LogP contribution in [0.3, 0.4) is 0 Å². The van der Waals surface area contributed by atoms with E-state index in [9.17, 15) is 29.4 Å². The number of hydrogen-bond acceptors (Lipinski definition) is 8. The second-order valence-electron chi connectivity index (χ2n) is 11.3. The number of anilines is 1. The van der Waals surface area contributed by atoms with E-state index in [1.165, 1.54) is 36.1 Å². The summed E-state index contributed by atoms with van der Waals surface area (Å²) < 4.78 is 15.7. The molecule has 0 aliphatic carbocycles. The van der Waals surface area contributed by atoms with Crippen molar-refractivity contribution in [2.45, 2.75) is 13.2 Å². The van der Waals surface area contributed by atoms with Gasteiger partial charge in [0.2, 0.25) is 5.88 Å². The van der Waals surface area contributed by atoms with Crippen molar-refractivity contribution in [2.24, 2.45) is 7.05 Å². The van der Waals surface area contributed by atoms with Crippen molar-refractivity contribution < 1.29 is 38.9 Å². The summed E-state index contributed by atoms with van der Waals surface area (Å²) in [5.41, 5.74) is 2.73. The minimum Gasteiger partial charge on any atom is -0.478 e. The second kappa shape index (κ2) is 18.5. The van der Waals surface area contributed by atoms with Crippen LogP contribution in [0, 0.1) is 0 Å². The van der Waals surface area contributed by atoms with E-state index in [2.05, 4.69) is 47.4 Å². The molecule has 275 valence electrons. The van der Waals surface area contributed by atoms with Gasteiger partial charge in [0.05, 0.1) is 11.3 Å². The number of aromatic nitrogens is 4. The zero-order valence-corrected chi connectivity index (χ0v) is 33.7. The van der Waals surface area contributed by atoms with Crippen molar-refractivity contribution in [3.8, 4) is 11.8 Å². The molecule has 1 amide bonds. The number of ether oxygens (including phenoxy) is 2. The molecule has 13 nitrogen and oxygen atoms in total. The van der Waals surface area contributed by atoms with E-state index in [-0.39, 0.29) is 32.8 Å². The number of halogens is 2. The molecule has 0 spiro atoms. The van der Waals surface area contributed by atoms with Gasteiger partial charge in [0, 0.05) is 17.6 Å². The van der Waals surface area contributed by atoms with Crippen LogP contribution in [0.5, 0.6) is 11.8 Å². The molecule has 3 N–H and O–H groups in total. The number of carboxylic acids is 2. The topological polar surface area (TPSA) is 175 Å². The Bertz CT molecular complexity index is 2300. The van der Waals surface area contributed by atoms with Gasteiger partial charge in [-0.15, -0.1) is 0 Å². The third kappa shape index (κ3) is 10.6. The van der Waals surface area contributed by atoms with Gasteiger partial charge in [-0.1, -0.05) is 46.3 Å². The third-order valence-corrected chi connectivity index (χ3v) is 10.7. The summed E-state index contributed by atoms with van der Waals surface area (Å²) in [6.07, 6.45) is 0. The first-order valence-electron chi connectivity index (χ1n) is 15.9. The monoisotopic (exact) mass is 918 g/mol. The minimum absolute atomic E-state index is 0.0193. The molecule has 0 atom stereocenters. The molecule has 0 aliphatic rings. The van der Waals surface area contributed by atoms with Gasteiger partial charge < -0.3 is 15.2 Å². The first-order chi connectivity index (χ1) is 25.9. The van der Waals surface area contributed by atoms with Gasteiger partial charge in [-0.25, -0.2) is 9.48 Å². The standard InChI is InChI=1S/C19H15AsBrN2O4.C19H16BrN3O4/c1-27-17-10-16(22-23(17)11-12-5-3-2-4-6-12)18(24)20-15-8-7-13(21)9-14(15)19(25)26;1-23-17(27-11-12-5-3-2-4-6-12)10-16(22-23)18(24)21-15-8-7-13(20)9-14(15)19(25)26/h2-10H,11H2,1H3,(H,25,26);2-10H,11H2,1H3,(H,21,24)(H,25,26). The predicted octanol–water partition coefficient (Wildman–Crippen LogP) is 6.28. The fourth-order valence-corrected chi connectivity index (χ4v) is 7.45. The van der Waals surface area contributed by atoms with Crippen molar-refractivity contribution in [3.63, 3.8) is 0 Å². The predicted molar refractivity (Wildman–Crippen MR) is 208 cm³/mol. The van der Waals surface area contributed by atoms with Crippen LogP contribution in [0.15, 0.2) is 118 Å². The van der Waals surface area contributed by atoms with E-state index in [1.54, 1.807) is 36.0 Å². The molecule has 0 saturated carbocycles. The molecular weight excluding hydrogens is 889 g/mol. The van der Waals surface area contributed by atoms with Crippen molar-refractivity contribution in [2.75, 3.05) is 12.4 Å². The number of aryl methyl sites for hydroxylation is 1. The molecule has 54 heavy (non-hydrogen) atoms. The Kier molecular flexibility index (Phi) is 13.6. The SMILES string of the molecule is COc1cc(C(=O)[As]c2ccc(Br)cc2C(=O)O)nn1Cc1ccccc1.Cn1nc(C(=O)Nc2ccc(Br)cc2C(=O)O)cc1OCc1ccccc1. The Labute approximate surface area is 332 Å². The number of carboxylic acid groups (broad SMARTS) is 2. The molecule has 16 heteroatoms. The summed E-state index contributed by atoms with van der Waals surface area (Å²) in [5.74, 6) is -1.80. The maximum Gasteiger partial charge on any atom is 0.337 e. The second-order valence-corrected chi connectivity index (χ2v) is 15.5. The zero-order chi connectivity index (χ0) is 38.8. The van der Waals surface area contributed by atoms with E-state index in [4.69, 9.17) is 9.47 Å². The van der Waals surface area contributed by atoms with E-state index in [0.717, 1.165) is 11.1 Å². The van der Waals surface area contributed by atoms with Gasteiger partial charge in [0.15, 0.2) is 5.69 Å². The van der Waals surface area contributed by atoms with E-state index >= 15 is 0 Å². The minimum atomic E-state index is -1.14. The molecule has 4 aromatic carbocycles. The van der Waals surface area contributed by atoms with Crippen LogP contribution in [0.1, 0.15) is 52.8 Å². The summed E-state index contributed by atoms with van der Waals surface area (Å²) in [5, 5.41) is 29.7. The van der Waals surface area contributed by atoms with Crippen molar-refractivity contribution >= 4 is 80.1 Å². The van der Waals surface area contributed by atoms with Crippen LogP contribution in [0.2, 0.25) is 0 Å². The number of aromatic carboxylic acids is 2. The molecule has 2 aromatic heterocycles. The van der Waals surface area contributed by atoms with Gasteiger partial charge in [0.1, 0.15) is 6.61 Å². The third-order valence-electron chi connectivity index (χ3n) is 7.52. The Hall–Kier alpha value is -5.50. The first kappa shape index (κ1) is 39.7. The summed E-state index contributed by atoms with van der Waals surface area (Å²) in [7, 11) is 3.19. The average molecular weight is 920 g/mol. The maximum absolute atomic E-state index is 12.7. The smallest absolute Gasteiger partial charge is 0.337 e. The Morgan fingerprint density at radius 2 is 1.33 bits per heavy atom. The summed E-state index contributed by atoms with van der Waals surface area (Å²) in [4.78, 5) is 48.0. The van der Waals surface area contributed by atoms with E-state index in [0.29, 0.717) is 38.2 Å². The molecule has 0 fully saturated rings. The van der Waals surface area contributed by atoms with Crippen LogP contribution in [0.25, 0.3) is 0 Å². The molecule has 1 radical (unpaired) electrons. The summed E-state index contributed by atoms with van der Waals surface area (Å²) in [6, 6.07) is 32.0. The van der Waals surface area contributed by atoms with Crippen LogP contribution in [0.4, 0.5) is 5.69 Å². The number of carbonyl (C=O) groups is 4. The zero-order valence-electron chi connectivity index (χ0n) is 28.6. The number of rotatable bonds is 13. The van der Waals surface area contributed by atoms with Gasteiger partial charge in [-0.2, -0.15) is 5.10 Å². The maximum atomic E-state index is 12.7. The molecule has 0 unspecified atom stereocenters. The molecule has 0 aliphatic heterocycles. The van der Waals surface area contributed by atoms with Crippen molar-refractivity contribution in [1.29, 1.82) is 0 Å². The number of nitrogens with zero attached hydrogens (tertiary/aromatic N) is 4. The number of carbonyl (C=O) groups excluding carboxylic acids is 2. The Morgan fingerprint density at radius 1 is 0.741 bits per heavy atom. The number of hydrogen-bond donors (Lipinski definition) is 3. The Morgan fingerprint density at radius 3 is 1.96 bits per heavy atom. The largest absolute Gasteiger partial charge is 0.478 e. The van der Waals surface area contributed by atoms with Gasteiger partial charge in [-0.3, -0.25) is 4.79 Å². The van der Waals surface area contributed by atoms with Gasteiger partial charge >= 0.3 is 177 Å². The molecule has 0 saturated heterocycles. The molecule has 6 aromatic rings. The quantitative estimate of drug-likeness (QED) is 0.112. The van der Waals surface area contributed by atoms with Crippen LogP contribution in [-0.4, -0.2) is 75.1 Å². The van der Waals surface area contributed by atoms with E-state index < -0.39 is 33.6 Å². The molecular formula is C38H31AsBr2N5O8. The Balaban J connectivity index is 0.000000208. The number of nitrogens with one attached hydrogen (secondary N) is 1. The van der Waals surface area contributed by atoms with E-state index in [1.807, 2.05) is 60.7 Å². The van der Waals surface area contributed by atoms with Crippen LogP contribution in [-0.2, 0) is 20.2 Å². The van der Waals surface area contributed by atoms with Gasteiger partial charge in [-0.05, 0) is 23.8 Å². The molecule has 6 rings (SSSR count). The fourth-order valence-electron chi connectivity index (χ4n) is 4.90. The molecule has 2 heterocycles. The van der Waals surface area contributed by atoms with Crippen molar-refractivity contribution in [1.82, 2.24) is 19.6 Å². The van der Waals surface area contributed by atoms with Crippen LogP contribution >= 0.6 is 31.9 Å². The molecule has 0 bridgehead atoms. The van der Waals surface area contributed by atoms with Gasteiger partial charge in [0.25, 0.3) is 5.91 Å². The number of benzene rings is 4. The fraction of sp³-hybridized carbons (Fsp3) is 0.105. The number of methoxy groups -OCH3 is 1. The summed E-state index contributed by atoms with van der Waals surface area (Å²) >= 11 is 5.43.